The third-order valence-electron chi connectivity index (χ3n) is 2.67. The standard InChI is InChI=1S/C12H21N2O2.C5H5.Fe/c13-5-7-15-9-10-16-8-6-14-11-12-3-1-2-4-12;1-2-4-5-3-1;/h1-4,14H,5-11,13H2;1-5H;/q2*-1;+2. The van der Waals surface area contributed by atoms with Crippen LogP contribution in [0.5, 0.6) is 0 Å². The average Bonchev–Trinajstić information content (AvgIpc) is 3.21. The van der Waals surface area contributed by atoms with Gasteiger partial charge < -0.3 is 20.5 Å². The predicted molar refractivity (Wildman–Crippen MR) is 86.5 cm³/mol. The van der Waals surface area contributed by atoms with Crippen LogP contribution < -0.4 is 11.1 Å². The minimum Gasteiger partial charge on any atom is -0.378 e. The van der Waals surface area contributed by atoms with Gasteiger partial charge in [0.2, 0.25) is 0 Å². The Labute approximate surface area is 144 Å². The maximum absolute atomic E-state index is 5.37. The van der Waals surface area contributed by atoms with Gasteiger partial charge in [0, 0.05) is 13.1 Å². The fourth-order valence-corrected chi connectivity index (χ4v) is 1.63. The van der Waals surface area contributed by atoms with Crippen LogP contribution in [0.4, 0.5) is 0 Å². The van der Waals surface area contributed by atoms with E-state index in [1.54, 1.807) is 0 Å². The number of rotatable bonds is 10. The summed E-state index contributed by atoms with van der Waals surface area (Å²) in [5, 5.41) is 3.30. The Bertz CT molecular complexity index is 374. The molecule has 0 bridgehead atoms. The van der Waals surface area contributed by atoms with Crippen LogP contribution in [0.25, 0.3) is 0 Å². The average molecular weight is 346 g/mol. The predicted octanol–water partition coefficient (Wildman–Crippen LogP) is 1.89. The largest absolute Gasteiger partial charge is 2.00 e. The maximum Gasteiger partial charge on any atom is 2.00 e. The summed E-state index contributed by atoms with van der Waals surface area (Å²) in [5.74, 6) is 0. The fraction of sp³-hybridized carbons (Fsp3) is 0.412. The van der Waals surface area contributed by atoms with E-state index >= 15 is 0 Å². The number of nitrogens with one attached hydrogen (secondary N) is 1. The molecule has 0 saturated heterocycles. The van der Waals surface area contributed by atoms with Gasteiger partial charge >= 0.3 is 17.1 Å². The number of ether oxygens (including phenoxy) is 2. The van der Waals surface area contributed by atoms with Crippen molar-refractivity contribution in [3.05, 3.63) is 60.2 Å². The molecule has 0 fully saturated rings. The van der Waals surface area contributed by atoms with Gasteiger partial charge in [0.05, 0.1) is 26.4 Å². The summed E-state index contributed by atoms with van der Waals surface area (Å²) >= 11 is 0. The molecule has 4 nitrogen and oxygen atoms in total. The Kier molecular flexibility index (Phi) is 15.7. The minimum atomic E-state index is 0. The minimum absolute atomic E-state index is 0. The van der Waals surface area contributed by atoms with Gasteiger partial charge in [-0.25, -0.2) is 24.3 Å². The Balaban J connectivity index is 0.000000622. The molecule has 0 amide bonds. The van der Waals surface area contributed by atoms with Crippen molar-refractivity contribution in [2.75, 3.05) is 39.5 Å². The van der Waals surface area contributed by atoms with Gasteiger partial charge in [0.1, 0.15) is 0 Å². The Morgan fingerprint density at radius 1 is 0.955 bits per heavy atom. The van der Waals surface area contributed by atoms with E-state index in [-0.39, 0.29) is 17.1 Å². The van der Waals surface area contributed by atoms with Crippen LogP contribution in [0.2, 0.25) is 0 Å². The smallest absolute Gasteiger partial charge is 0.378 e. The molecule has 0 heterocycles. The molecule has 22 heavy (non-hydrogen) atoms. The number of hydrogen-bond acceptors (Lipinski definition) is 4. The molecular formula is C17H26FeN2O2. The van der Waals surface area contributed by atoms with Crippen molar-refractivity contribution >= 4 is 0 Å². The van der Waals surface area contributed by atoms with E-state index < -0.39 is 0 Å². The Morgan fingerprint density at radius 2 is 1.68 bits per heavy atom. The van der Waals surface area contributed by atoms with E-state index in [2.05, 4.69) is 17.4 Å². The van der Waals surface area contributed by atoms with E-state index in [0.29, 0.717) is 33.0 Å². The van der Waals surface area contributed by atoms with Crippen molar-refractivity contribution in [1.82, 2.24) is 5.32 Å². The van der Waals surface area contributed by atoms with Crippen molar-refractivity contribution in [1.29, 1.82) is 0 Å². The zero-order chi connectivity index (χ0) is 15.0. The van der Waals surface area contributed by atoms with Crippen LogP contribution in [0, 0.1) is 0 Å². The van der Waals surface area contributed by atoms with Crippen LogP contribution in [0.1, 0.15) is 5.56 Å². The van der Waals surface area contributed by atoms with Crippen LogP contribution in [-0.2, 0) is 33.1 Å². The zero-order valence-electron chi connectivity index (χ0n) is 12.9. The summed E-state index contributed by atoms with van der Waals surface area (Å²) in [5.41, 5.74) is 6.59. The second-order valence-electron chi connectivity index (χ2n) is 4.45. The molecule has 3 N–H and O–H groups in total. The molecule has 0 aliphatic carbocycles. The van der Waals surface area contributed by atoms with Crippen LogP contribution in [0.15, 0.2) is 54.6 Å². The summed E-state index contributed by atoms with van der Waals surface area (Å²) in [6.45, 7) is 4.92. The molecule has 2 rings (SSSR count). The third-order valence-corrected chi connectivity index (χ3v) is 2.67. The molecule has 2 aromatic carbocycles. The molecule has 0 aromatic heterocycles. The van der Waals surface area contributed by atoms with Gasteiger partial charge in [-0.3, -0.25) is 0 Å². The molecule has 2 aromatic rings. The normalized spacial score (nSPS) is 9.68. The third kappa shape index (κ3) is 12.8. The quantitative estimate of drug-likeness (QED) is 0.392. The first-order valence-electron chi connectivity index (χ1n) is 7.37. The van der Waals surface area contributed by atoms with Crippen LogP contribution in [-0.4, -0.2) is 39.5 Å². The van der Waals surface area contributed by atoms with E-state index in [1.165, 1.54) is 5.56 Å². The van der Waals surface area contributed by atoms with Gasteiger partial charge in [-0.05, 0) is 6.54 Å². The van der Waals surface area contributed by atoms with Crippen LogP contribution in [0.3, 0.4) is 0 Å². The van der Waals surface area contributed by atoms with Gasteiger partial charge in [-0.1, -0.05) is 0 Å². The van der Waals surface area contributed by atoms with Crippen molar-refractivity contribution in [3.8, 4) is 0 Å². The molecule has 0 aliphatic heterocycles. The Morgan fingerprint density at radius 3 is 2.23 bits per heavy atom. The van der Waals surface area contributed by atoms with Crippen molar-refractivity contribution in [2.45, 2.75) is 6.54 Å². The first-order valence-corrected chi connectivity index (χ1v) is 7.37. The molecule has 5 heteroatoms. The second-order valence-corrected chi connectivity index (χ2v) is 4.45. The molecule has 0 spiro atoms. The first kappa shape index (κ1) is 21.1. The summed E-state index contributed by atoms with van der Waals surface area (Å²) in [6.07, 6.45) is 0. The molecule has 124 valence electrons. The van der Waals surface area contributed by atoms with Gasteiger partial charge in [-0.2, -0.15) is 35.9 Å². The Hall–Kier alpha value is -0.941. The van der Waals surface area contributed by atoms with E-state index in [0.717, 1.165) is 13.1 Å². The maximum atomic E-state index is 5.37. The summed E-state index contributed by atoms with van der Waals surface area (Å²) < 4.78 is 10.5. The molecule has 0 unspecified atom stereocenters. The molecule has 0 aliphatic rings. The van der Waals surface area contributed by atoms with Crippen molar-refractivity contribution < 1.29 is 26.5 Å². The first-order chi connectivity index (χ1) is 10.4. The van der Waals surface area contributed by atoms with E-state index in [9.17, 15) is 0 Å². The summed E-state index contributed by atoms with van der Waals surface area (Å²) in [4.78, 5) is 0. The SMILES string of the molecule is NCCOCCOCCNCc1ccc[cH-]1.[Fe+2].c1cc[cH-]c1. The monoisotopic (exact) mass is 346 g/mol. The summed E-state index contributed by atoms with van der Waals surface area (Å²) in [6, 6.07) is 18.3. The zero-order valence-corrected chi connectivity index (χ0v) is 14.0. The second kappa shape index (κ2) is 16.4. The van der Waals surface area contributed by atoms with Gasteiger partial charge in [0.25, 0.3) is 0 Å². The topological polar surface area (TPSA) is 56.5 Å². The molecular weight excluding hydrogens is 320 g/mol. The number of nitrogens with two attached hydrogens (primary N) is 1. The summed E-state index contributed by atoms with van der Waals surface area (Å²) in [7, 11) is 0. The van der Waals surface area contributed by atoms with Crippen LogP contribution >= 0.6 is 0 Å². The van der Waals surface area contributed by atoms with E-state index in [4.69, 9.17) is 15.2 Å². The molecule has 0 radical (unpaired) electrons. The van der Waals surface area contributed by atoms with Crippen molar-refractivity contribution in [2.24, 2.45) is 5.73 Å². The van der Waals surface area contributed by atoms with E-state index in [1.807, 2.05) is 42.5 Å². The number of hydrogen-bond donors (Lipinski definition) is 2. The fourth-order valence-electron chi connectivity index (χ4n) is 1.63. The molecule has 0 saturated carbocycles. The van der Waals surface area contributed by atoms with Crippen molar-refractivity contribution in [3.63, 3.8) is 0 Å². The molecule has 0 atom stereocenters. The van der Waals surface area contributed by atoms with Gasteiger partial charge in [-0.15, -0.1) is 0 Å². The van der Waals surface area contributed by atoms with Gasteiger partial charge in [0.15, 0.2) is 0 Å².